The number of allylic oxidation sites excluding steroid dienone is 1. The molecule has 3 rings (SSSR count). The third-order valence-corrected chi connectivity index (χ3v) is 3.44. The fourth-order valence-electron chi connectivity index (χ4n) is 2.35. The molecule has 1 amide bonds. The van der Waals surface area contributed by atoms with Crippen LogP contribution in [-0.4, -0.2) is 22.4 Å². The molecule has 2 N–H and O–H groups in total. The van der Waals surface area contributed by atoms with Crippen molar-refractivity contribution in [3.63, 3.8) is 0 Å². The molecule has 0 atom stereocenters. The molecule has 2 heterocycles. The molecule has 5 nitrogen and oxygen atoms in total. The molecule has 0 spiro atoms. The van der Waals surface area contributed by atoms with Gasteiger partial charge >= 0.3 is 0 Å². The maximum atomic E-state index is 14.0. The summed E-state index contributed by atoms with van der Waals surface area (Å²) in [6, 6.07) is 3.56. The number of nitrogens with one attached hydrogen (secondary N) is 2. The fraction of sp³-hybridized carbons (Fsp3) is 0.188. The second-order valence-corrected chi connectivity index (χ2v) is 4.95. The molecule has 0 unspecified atom stereocenters. The van der Waals surface area contributed by atoms with Crippen LogP contribution >= 0.6 is 0 Å². The number of benzene rings is 1. The van der Waals surface area contributed by atoms with Crippen LogP contribution in [0.5, 0.6) is 0 Å². The molecule has 0 bridgehead atoms. The van der Waals surface area contributed by atoms with Gasteiger partial charge in [0.15, 0.2) is 5.82 Å². The van der Waals surface area contributed by atoms with Crippen molar-refractivity contribution in [3.8, 4) is 11.4 Å². The first-order valence-electron chi connectivity index (χ1n) is 7.10. The van der Waals surface area contributed by atoms with E-state index < -0.39 is 11.6 Å². The molecule has 1 aromatic heterocycles. The molecule has 0 saturated carbocycles. The van der Waals surface area contributed by atoms with Gasteiger partial charge in [0.2, 0.25) is 0 Å². The average Bonchev–Trinajstić information content (AvgIpc) is 2.89. The van der Waals surface area contributed by atoms with Crippen LogP contribution < -0.4 is 10.6 Å². The second kappa shape index (κ2) is 6.12. The summed E-state index contributed by atoms with van der Waals surface area (Å²) < 4.78 is 27.9. The van der Waals surface area contributed by atoms with Crippen LogP contribution in [0.4, 0.5) is 14.6 Å². The molecule has 0 radical (unpaired) electrons. The van der Waals surface area contributed by atoms with E-state index in [1.807, 2.05) is 19.1 Å². The lowest BCUT2D eigenvalue weighted by molar-refractivity contribution is 0.0966. The molecule has 0 saturated heterocycles. The Labute approximate surface area is 131 Å². The largest absolute Gasteiger partial charge is 0.366 e. The third kappa shape index (κ3) is 2.77. The summed E-state index contributed by atoms with van der Waals surface area (Å²) in [7, 11) is 0. The smallest absolute Gasteiger partial charge is 0.257 e. The lowest BCUT2D eigenvalue weighted by Gasteiger charge is -2.10. The van der Waals surface area contributed by atoms with Crippen molar-refractivity contribution >= 4 is 11.7 Å². The number of anilines is 1. The number of carbonyl (C=O) groups is 1. The van der Waals surface area contributed by atoms with Crippen LogP contribution in [0, 0.1) is 11.6 Å². The normalized spacial score (nSPS) is 13.3. The maximum Gasteiger partial charge on any atom is 0.257 e. The minimum absolute atomic E-state index is 0.0844. The number of halogens is 2. The van der Waals surface area contributed by atoms with Crippen molar-refractivity contribution in [2.24, 2.45) is 0 Å². The van der Waals surface area contributed by atoms with Gasteiger partial charge < -0.3 is 10.6 Å². The van der Waals surface area contributed by atoms with E-state index in [2.05, 4.69) is 20.6 Å². The van der Waals surface area contributed by atoms with Crippen molar-refractivity contribution in [1.82, 2.24) is 15.3 Å². The topological polar surface area (TPSA) is 66.9 Å². The molecule has 1 aromatic carbocycles. The van der Waals surface area contributed by atoms with E-state index in [4.69, 9.17) is 0 Å². The number of aromatic nitrogens is 2. The molecular formula is C16H14F2N4O. The number of amides is 1. The summed E-state index contributed by atoms with van der Waals surface area (Å²) in [6.07, 6.45) is 3.68. The van der Waals surface area contributed by atoms with Crippen LogP contribution in [0.25, 0.3) is 11.4 Å². The molecule has 1 aliphatic heterocycles. The Morgan fingerprint density at radius 2 is 2.00 bits per heavy atom. The SMILES string of the molecule is C/C=C\CNc1nc(-c2c(F)cccc2F)nc2c1C(=O)NC2. The van der Waals surface area contributed by atoms with E-state index in [1.54, 1.807) is 0 Å². The fourth-order valence-corrected chi connectivity index (χ4v) is 2.35. The Kier molecular flexibility index (Phi) is 4.01. The predicted octanol–water partition coefficient (Wildman–Crippen LogP) is 2.65. The van der Waals surface area contributed by atoms with Crippen molar-refractivity contribution in [2.45, 2.75) is 13.5 Å². The second-order valence-electron chi connectivity index (χ2n) is 4.95. The summed E-state index contributed by atoms with van der Waals surface area (Å²) >= 11 is 0. The van der Waals surface area contributed by atoms with Crippen LogP contribution in [0.3, 0.4) is 0 Å². The van der Waals surface area contributed by atoms with E-state index >= 15 is 0 Å². The molecular weight excluding hydrogens is 302 g/mol. The van der Waals surface area contributed by atoms with Gasteiger partial charge in [0.1, 0.15) is 23.0 Å². The Balaban J connectivity index is 2.13. The first kappa shape index (κ1) is 15.1. The summed E-state index contributed by atoms with van der Waals surface area (Å²) in [5.74, 6) is -1.62. The highest BCUT2D eigenvalue weighted by molar-refractivity contribution is 6.02. The quantitative estimate of drug-likeness (QED) is 0.851. The lowest BCUT2D eigenvalue weighted by Crippen LogP contribution is -2.15. The van der Waals surface area contributed by atoms with Gasteiger partial charge in [-0.25, -0.2) is 18.7 Å². The van der Waals surface area contributed by atoms with Gasteiger partial charge in [-0.2, -0.15) is 0 Å². The Morgan fingerprint density at radius 1 is 1.26 bits per heavy atom. The van der Waals surface area contributed by atoms with Gasteiger partial charge in [0, 0.05) is 6.54 Å². The van der Waals surface area contributed by atoms with Crippen LogP contribution in [-0.2, 0) is 6.54 Å². The van der Waals surface area contributed by atoms with Crippen LogP contribution in [0.1, 0.15) is 23.0 Å². The van der Waals surface area contributed by atoms with Gasteiger partial charge in [0.25, 0.3) is 5.91 Å². The van der Waals surface area contributed by atoms with Gasteiger partial charge in [-0.05, 0) is 19.1 Å². The Hall–Kier alpha value is -2.83. The molecule has 2 aromatic rings. The molecule has 0 aliphatic carbocycles. The molecule has 118 valence electrons. The first-order valence-corrected chi connectivity index (χ1v) is 7.10. The number of hydrogen-bond donors (Lipinski definition) is 2. The number of nitrogens with zero attached hydrogens (tertiary/aromatic N) is 2. The highest BCUT2D eigenvalue weighted by Crippen LogP contribution is 2.28. The Morgan fingerprint density at radius 3 is 2.70 bits per heavy atom. The van der Waals surface area contributed by atoms with E-state index in [9.17, 15) is 13.6 Å². The predicted molar refractivity (Wildman–Crippen MR) is 81.9 cm³/mol. The number of hydrogen-bond acceptors (Lipinski definition) is 4. The van der Waals surface area contributed by atoms with Crippen LogP contribution in [0.2, 0.25) is 0 Å². The van der Waals surface area contributed by atoms with E-state index in [-0.39, 0.29) is 29.7 Å². The van der Waals surface area contributed by atoms with E-state index in [1.165, 1.54) is 6.07 Å². The monoisotopic (exact) mass is 316 g/mol. The molecule has 0 fully saturated rings. The summed E-state index contributed by atoms with van der Waals surface area (Å²) in [5.41, 5.74) is 0.435. The highest BCUT2D eigenvalue weighted by Gasteiger charge is 2.27. The van der Waals surface area contributed by atoms with Crippen molar-refractivity contribution < 1.29 is 13.6 Å². The number of rotatable bonds is 4. The minimum Gasteiger partial charge on any atom is -0.366 e. The van der Waals surface area contributed by atoms with Gasteiger partial charge in [-0.1, -0.05) is 18.2 Å². The molecule has 7 heteroatoms. The highest BCUT2D eigenvalue weighted by atomic mass is 19.1. The zero-order chi connectivity index (χ0) is 16.4. The maximum absolute atomic E-state index is 14.0. The van der Waals surface area contributed by atoms with Crippen molar-refractivity contribution in [1.29, 1.82) is 0 Å². The standard InChI is InChI=1S/C16H14F2N4O/c1-2-3-7-19-14-13-11(8-20-16(13)23)21-15(22-14)12-9(17)5-4-6-10(12)18/h2-6H,7-8H2,1H3,(H,20,23)(H,19,21,22)/b3-2-. The minimum atomic E-state index is -0.748. The zero-order valence-electron chi connectivity index (χ0n) is 12.4. The molecule has 1 aliphatic rings. The number of fused-ring (bicyclic) bond motifs is 1. The van der Waals surface area contributed by atoms with Gasteiger partial charge in [-0.3, -0.25) is 4.79 Å². The van der Waals surface area contributed by atoms with Crippen molar-refractivity contribution in [3.05, 3.63) is 53.2 Å². The van der Waals surface area contributed by atoms with E-state index in [0.717, 1.165) is 12.1 Å². The van der Waals surface area contributed by atoms with Crippen molar-refractivity contribution in [2.75, 3.05) is 11.9 Å². The number of carbonyl (C=O) groups excluding carboxylic acids is 1. The average molecular weight is 316 g/mol. The first-order chi connectivity index (χ1) is 11.1. The van der Waals surface area contributed by atoms with E-state index in [0.29, 0.717) is 17.8 Å². The summed E-state index contributed by atoms with van der Waals surface area (Å²) in [6.45, 7) is 2.50. The zero-order valence-corrected chi connectivity index (χ0v) is 12.4. The Bertz CT molecular complexity index is 785. The summed E-state index contributed by atoms with van der Waals surface area (Å²) in [4.78, 5) is 20.2. The van der Waals surface area contributed by atoms with Crippen LogP contribution in [0.15, 0.2) is 30.4 Å². The third-order valence-electron chi connectivity index (χ3n) is 3.44. The van der Waals surface area contributed by atoms with Gasteiger partial charge in [0.05, 0.1) is 17.8 Å². The molecule has 23 heavy (non-hydrogen) atoms. The van der Waals surface area contributed by atoms with Gasteiger partial charge in [-0.15, -0.1) is 0 Å². The summed E-state index contributed by atoms with van der Waals surface area (Å²) in [5, 5.41) is 5.62. The lowest BCUT2D eigenvalue weighted by atomic mass is 10.1.